The lowest BCUT2D eigenvalue weighted by Crippen LogP contribution is -2.23. The molecule has 1 saturated carbocycles. The molecule has 1 aromatic carbocycles. The molecule has 156 valence electrons. The minimum Gasteiger partial charge on any atom is -0.493 e. The van der Waals surface area contributed by atoms with Crippen LogP contribution in [0.4, 0.5) is 5.69 Å². The first kappa shape index (κ1) is 20.8. The first-order valence-electron chi connectivity index (χ1n) is 9.89. The van der Waals surface area contributed by atoms with Crippen molar-refractivity contribution in [1.82, 2.24) is 5.32 Å². The Kier molecular flexibility index (Phi) is 6.80. The monoisotopic (exact) mass is 400 g/mol. The van der Waals surface area contributed by atoms with Crippen LogP contribution in [0.5, 0.6) is 11.5 Å². The maximum atomic E-state index is 12.6. The predicted octanol–water partition coefficient (Wildman–Crippen LogP) is 4.05. The van der Waals surface area contributed by atoms with Gasteiger partial charge >= 0.3 is 0 Å². The normalized spacial score (nSPS) is 13.9. The summed E-state index contributed by atoms with van der Waals surface area (Å²) < 4.78 is 16.3. The molecule has 7 nitrogen and oxygen atoms in total. The zero-order valence-electron chi connectivity index (χ0n) is 17.2. The van der Waals surface area contributed by atoms with Gasteiger partial charge in [0.25, 0.3) is 5.91 Å². The Morgan fingerprint density at radius 3 is 2.52 bits per heavy atom. The summed E-state index contributed by atoms with van der Waals surface area (Å²) >= 11 is 0. The molecule has 0 radical (unpaired) electrons. The standard InChI is InChI=1S/C22H28N2O5/c1-14-8-9-17(29-14)13-23-22(26)16-11-18(21(28-3)19(12-16)27-2)24-20(25)10-15-6-4-5-7-15/h8-9,11-12,15H,4-7,10,13H2,1-3H3,(H,23,26)(H,24,25). The SMILES string of the molecule is COc1cc(C(=O)NCc2ccc(C)o2)cc(NC(=O)CC2CCCC2)c1OC. The van der Waals surface area contributed by atoms with Crippen molar-refractivity contribution in [3.8, 4) is 11.5 Å². The fourth-order valence-electron chi connectivity index (χ4n) is 3.72. The number of rotatable bonds is 8. The molecule has 0 spiro atoms. The zero-order valence-corrected chi connectivity index (χ0v) is 17.2. The third-order valence-electron chi connectivity index (χ3n) is 5.18. The average molecular weight is 400 g/mol. The topological polar surface area (TPSA) is 89.8 Å². The molecule has 1 aliphatic carbocycles. The molecule has 2 N–H and O–H groups in total. The molecule has 3 rings (SSSR count). The van der Waals surface area contributed by atoms with Crippen LogP contribution in [-0.2, 0) is 11.3 Å². The Morgan fingerprint density at radius 2 is 1.90 bits per heavy atom. The van der Waals surface area contributed by atoms with E-state index in [1.165, 1.54) is 27.1 Å². The molecule has 0 saturated heterocycles. The van der Waals surface area contributed by atoms with Crippen molar-refractivity contribution in [2.75, 3.05) is 19.5 Å². The second kappa shape index (κ2) is 9.49. The highest BCUT2D eigenvalue weighted by atomic mass is 16.5. The molecule has 1 aromatic heterocycles. The number of benzene rings is 1. The van der Waals surface area contributed by atoms with Gasteiger partial charge in [-0.2, -0.15) is 0 Å². The summed E-state index contributed by atoms with van der Waals surface area (Å²) in [6, 6.07) is 6.86. The number of carbonyl (C=O) groups is 2. The van der Waals surface area contributed by atoms with Crippen molar-refractivity contribution in [2.45, 2.75) is 45.6 Å². The van der Waals surface area contributed by atoms with Gasteiger partial charge in [0.05, 0.1) is 26.5 Å². The van der Waals surface area contributed by atoms with Gasteiger partial charge in [0.15, 0.2) is 11.5 Å². The van der Waals surface area contributed by atoms with E-state index in [1.54, 1.807) is 12.1 Å². The van der Waals surface area contributed by atoms with E-state index in [4.69, 9.17) is 13.9 Å². The number of nitrogens with one attached hydrogen (secondary N) is 2. The van der Waals surface area contributed by atoms with Crippen molar-refractivity contribution in [1.29, 1.82) is 0 Å². The summed E-state index contributed by atoms with van der Waals surface area (Å²) in [5, 5.41) is 5.71. The fourth-order valence-corrected chi connectivity index (χ4v) is 3.72. The lowest BCUT2D eigenvalue weighted by Gasteiger charge is -2.16. The first-order chi connectivity index (χ1) is 14.0. The summed E-state index contributed by atoms with van der Waals surface area (Å²) in [6.07, 6.45) is 5.00. The number of anilines is 1. The summed E-state index contributed by atoms with van der Waals surface area (Å²) in [5.74, 6) is 2.27. The number of carbonyl (C=O) groups excluding carboxylic acids is 2. The van der Waals surface area contributed by atoms with Crippen LogP contribution in [0.15, 0.2) is 28.7 Å². The third-order valence-corrected chi connectivity index (χ3v) is 5.18. The van der Waals surface area contributed by atoms with Gasteiger partial charge in [-0.05, 0) is 49.9 Å². The quantitative estimate of drug-likeness (QED) is 0.698. The lowest BCUT2D eigenvalue weighted by atomic mass is 10.0. The second-order valence-electron chi connectivity index (χ2n) is 7.36. The first-order valence-corrected chi connectivity index (χ1v) is 9.89. The number of furan rings is 1. The van der Waals surface area contributed by atoms with Crippen LogP contribution in [0.1, 0.15) is 54.0 Å². The molecule has 29 heavy (non-hydrogen) atoms. The van der Waals surface area contributed by atoms with E-state index >= 15 is 0 Å². The van der Waals surface area contributed by atoms with Gasteiger partial charge in [0.2, 0.25) is 5.91 Å². The molecule has 0 bridgehead atoms. The van der Waals surface area contributed by atoms with Crippen molar-refractivity contribution in [2.24, 2.45) is 5.92 Å². The van der Waals surface area contributed by atoms with E-state index in [9.17, 15) is 9.59 Å². The van der Waals surface area contributed by atoms with Crippen molar-refractivity contribution >= 4 is 17.5 Å². The highest BCUT2D eigenvalue weighted by Crippen LogP contribution is 2.37. The third kappa shape index (κ3) is 5.31. The van der Waals surface area contributed by atoms with Crippen LogP contribution >= 0.6 is 0 Å². The molecule has 1 fully saturated rings. The number of methoxy groups -OCH3 is 2. The van der Waals surface area contributed by atoms with Crippen LogP contribution in [0.2, 0.25) is 0 Å². The van der Waals surface area contributed by atoms with Gasteiger partial charge in [0.1, 0.15) is 11.5 Å². The molecule has 0 unspecified atom stereocenters. The Labute approximate surface area is 170 Å². The van der Waals surface area contributed by atoms with Crippen LogP contribution in [0, 0.1) is 12.8 Å². The fraction of sp³-hybridized carbons (Fsp3) is 0.455. The zero-order chi connectivity index (χ0) is 20.8. The molecular weight excluding hydrogens is 372 g/mol. The summed E-state index contributed by atoms with van der Waals surface area (Å²) in [6.45, 7) is 2.12. The number of hydrogen-bond acceptors (Lipinski definition) is 5. The van der Waals surface area contributed by atoms with Crippen LogP contribution in [0.3, 0.4) is 0 Å². The van der Waals surface area contributed by atoms with Gasteiger partial charge in [-0.15, -0.1) is 0 Å². The summed E-state index contributed by atoms with van der Waals surface area (Å²) in [7, 11) is 3.00. The molecular formula is C22H28N2O5. The lowest BCUT2D eigenvalue weighted by molar-refractivity contribution is -0.117. The summed E-state index contributed by atoms with van der Waals surface area (Å²) in [4.78, 5) is 25.2. The van der Waals surface area contributed by atoms with Crippen molar-refractivity contribution in [3.63, 3.8) is 0 Å². The van der Waals surface area contributed by atoms with E-state index in [0.717, 1.165) is 18.6 Å². The maximum absolute atomic E-state index is 12.6. The highest BCUT2D eigenvalue weighted by Gasteiger charge is 2.21. The Morgan fingerprint density at radius 1 is 1.14 bits per heavy atom. The minimum atomic E-state index is -0.300. The van der Waals surface area contributed by atoms with E-state index in [2.05, 4.69) is 10.6 Å². The Bertz CT molecular complexity index is 868. The van der Waals surface area contributed by atoms with Gasteiger partial charge < -0.3 is 24.5 Å². The average Bonchev–Trinajstić information content (AvgIpc) is 3.36. The maximum Gasteiger partial charge on any atom is 0.251 e. The Hall–Kier alpha value is -2.96. The van der Waals surface area contributed by atoms with Gasteiger partial charge in [-0.3, -0.25) is 9.59 Å². The van der Waals surface area contributed by atoms with Gasteiger partial charge in [-0.1, -0.05) is 12.8 Å². The molecule has 2 aromatic rings. The molecule has 1 heterocycles. The predicted molar refractivity (Wildman–Crippen MR) is 109 cm³/mol. The highest BCUT2D eigenvalue weighted by molar-refractivity contribution is 5.99. The smallest absolute Gasteiger partial charge is 0.251 e. The van der Waals surface area contributed by atoms with Gasteiger partial charge in [0, 0.05) is 12.0 Å². The van der Waals surface area contributed by atoms with E-state index in [0.29, 0.717) is 40.8 Å². The second-order valence-corrected chi connectivity index (χ2v) is 7.36. The molecule has 0 aliphatic heterocycles. The van der Waals surface area contributed by atoms with E-state index < -0.39 is 0 Å². The van der Waals surface area contributed by atoms with Gasteiger partial charge in [-0.25, -0.2) is 0 Å². The van der Waals surface area contributed by atoms with Crippen molar-refractivity contribution < 1.29 is 23.5 Å². The van der Waals surface area contributed by atoms with Crippen molar-refractivity contribution in [3.05, 3.63) is 41.3 Å². The van der Waals surface area contributed by atoms with E-state index in [-0.39, 0.29) is 18.4 Å². The van der Waals surface area contributed by atoms with Crippen LogP contribution in [0.25, 0.3) is 0 Å². The summed E-state index contributed by atoms with van der Waals surface area (Å²) in [5.41, 5.74) is 0.788. The molecule has 7 heteroatoms. The molecule has 1 aliphatic rings. The minimum absolute atomic E-state index is 0.0825. The van der Waals surface area contributed by atoms with E-state index in [1.807, 2.05) is 19.1 Å². The van der Waals surface area contributed by atoms with Crippen LogP contribution in [-0.4, -0.2) is 26.0 Å². The van der Waals surface area contributed by atoms with Crippen LogP contribution < -0.4 is 20.1 Å². The molecule has 0 atom stereocenters. The number of amides is 2. The Balaban J connectivity index is 1.75. The number of aryl methyl sites for hydroxylation is 1. The molecule has 2 amide bonds. The number of ether oxygens (including phenoxy) is 2. The number of hydrogen-bond donors (Lipinski definition) is 2. The largest absolute Gasteiger partial charge is 0.493 e.